The minimum absolute atomic E-state index is 0.0830. The summed E-state index contributed by atoms with van der Waals surface area (Å²) < 4.78 is 84.1. The molecule has 6 aromatic rings. The largest absolute Gasteiger partial charge is 0.496 e. The highest BCUT2D eigenvalue weighted by Crippen LogP contribution is 2.62. The fourth-order valence-corrected chi connectivity index (χ4v) is 13.7. The molecule has 2 saturated heterocycles. The second kappa shape index (κ2) is 22.0. The number of aromatic nitrogens is 4. The van der Waals surface area contributed by atoms with E-state index < -0.39 is 58.4 Å². The fourth-order valence-electron chi connectivity index (χ4n) is 13.7. The molecule has 20 heteroatoms. The number of aromatic carboxylic acids is 1. The maximum Gasteiger partial charge on any atom is 0.419 e. The number of esters is 1. The van der Waals surface area contributed by atoms with Crippen LogP contribution in [0.4, 0.5) is 34.0 Å². The van der Waals surface area contributed by atoms with Crippen molar-refractivity contribution in [3.8, 4) is 11.5 Å². The number of aryl methyl sites for hydroxylation is 2. The van der Waals surface area contributed by atoms with Gasteiger partial charge in [0.05, 0.1) is 26.8 Å². The van der Waals surface area contributed by atoms with Crippen molar-refractivity contribution in [1.29, 1.82) is 0 Å². The van der Waals surface area contributed by atoms with E-state index in [2.05, 4.69) is 25.4 Å². The number of piperidine rings is 2. The predicted octanol–water partition coefficient (Wildman–Crippen LogP) is 13.3. The SMILES string of the molecule is COC(=O)c1ccc([C@H]2CC3(CCN2Cc2c(OC)cc(CCC(C)Nc4nc(C(=O)O)ccc4[C@@H]4CC5(CCN4Cc4c(OC)cc(C)c6[nH]ccc46)CC(F)(F)C5)c4c2ccn4C(=O)OC(C)(C)C)CC(F)(F)C3)c(NC(C)C)n1. The molecule has 4 fully saturated rings. The number of benzene rings is 2. The number of alkyl halides is 4. The number of carbonyl (C=O) groups is 3. The van der Waals surface area contributed by atoms with Gasteiger partial charge < -0.3 is 39.7 Å². The Morgan fingerprint density at radius 1 is 0.768 bits per heavy atom. The maximum atomic E-state index is 14.9. The van der Waals surface area contributed by atoms with E-state index >= 15 is 0 Å². The van der Waals surface area contributed by atoms with Crippen molar-refractivity contribution in [2.24, 2.45) is 10.8 Å². The molecule has 3 atom stereocenters. The standard InChI is InChI=1S/C62H76F4N8O8/c1-35(2)68-53-41(14-16-46(71-53)56(77)81-10)47-27-59(31-61(63,64)32-59)20-24-73(47)30-44-40-18-22-74(57(78)82-58(5,6)7)52(40)38(26-50(44)80-9)12-11-37(4)69-54-42(13-15-45(70-54)55(75)76)48-28-60(33-62(65,66)34-60)19-23-72(48)29-43-39-17-21-67-51(39)36(3)25-49(43)79-8/h13-18,21-22,25-26,35,37,47-48,67H,11-12,19-20,23-24,27-34H2,1-10H3,(H,68,71)(H,69,70)(H,75,76)/t37?,47-,48+/m1/s1. The summed E-state index contributed by atoms with van der Waals surface area (Å²) in [6.45, 7) is 15.0. The second-order valence-corrected chi connectivity index (χ2v) is 25.0. The number of carboxylic acid groups (broad SMARTS) is 1. The number of hydrogen-bond donors (Lipinski definition) is 4. The molecule has 10 rings (SSSR count). The van der Waals surface area contributed by atoms with Gasteiger partial charge in [-0.25, -0.2) is 41.9 Å². The zero-order valence-corrected chi connectivity index (χ0v) is 48.5. The van der Waals surface area contributed by atoms with Crippen molar-refractivity contribution in [1.82, 2.24) is 29.3 Å². The summed E-state index contributed by atoms with van der Waals surface area (Å²) in [6, 6.07) is 13.2. The first kappa shape index (κ1) is 58.3. The van der Waals surface area contributed by atoms with E-state index in [0.29, 0.717) is 98.9 Å². The van der Waals surface area contributed by atoms with Gasteiger partial charge in [0.15, 0.2) is 11.4 Å². The van der Waals surface area contributed by atoms with Gasteiger partial charge in [-0.05, 0) is 158 Å². The zero-order valence-electron chi connectivity index (χ0n) is 48.5. The molecule has 4 N–H and O–H groups in total. The predicted molar refractivity (Wildman–Crippen MR) is 305 cm³/mol. The van der Waals surface area contributed by atoms with Crippen LogP contribution in [0.2, 0.25) is 0 Å². The van der Waals surface area contributed by atoms with E-state index in [-0.39, 0.29) is 49.2 Å². The number of nitrogens with zero attached hydrogens (tertiary/aromatic N) is 5. The lowest BCUT2D eigenvalue weighted by atomic mass is 9.59. The summed E-state index contributed by atoms with van der Waals surface area (Å²) in [5.74, 6) is -5.27. The number of fused-ring (bicyclic) bond motifs is 2. The van der Waals surface area contributed by atoms with Gasteiger partial charge in [0, 0.05) is 114 Å². The van der Waals surface area contributed by atoms with E-state index in [1.807, 2.05) is 64.2 Å². The number of aromatic amines is 1. The Kier molecular flexibility index (Phi) is 15.6. The number of carboxylic acids is 1. The summed E-state index contributed by atoms with van der Waals surface area (Å²) >= 11 is 0. The van der Waals surface area contributed by atoms with Crippen LogP contribution >= 0.6 is 0 Å². The Morgan fingerprint density at radius 3 is 1.85 bits per heavy atom. The first-order chi connectivity index (χ1) is 38.7. The van der Waals surface area contributed by atoms with Crippen molar-refractivity contribution in [3.05, 3.63) is 106 Å². The number of methoxy groups -OCH3 is 3. The van der Waals surface area contributed by atoms with Crippen LogP contribution < -0.4 is 20.1 Å². The summed E-state index contributed by atoms with van der Waals surface area (Å²) in [5, 5.41) is 19.0. The fraction of sp³-hybridized carbons (Fsp3) is 0.532. The molecule has 82 heavy (non-hydrogen) atoms. The minimum Gasteiger partial charge on any atom is -0.496 e. The molecule has 6 heterocycles. The number of halogens is 4. The lowest BCUT2D eigenvalue weighted by Gasteiger charge is -2.55. The number of hydrogen-bond acceptors (Lipinski definition) is 13. The molecule has 2 aromatic carbocycles. The first-order valence-electron chi connectivity index (χ1n) is 28.4. The van der Waals surface area contributed by atoms with Gasteiger partial charge in [0.1, 0.15) is 28.7 Å². The Labute approximate surface area is 475 Å². The molecule has 4 aliphatic rings. The summed E-state index contributed by atoms with van der Waals surface area (Å²) in [6.07, 6.45) is 4.90. The molecular formula is C62H76F4N8O8. The van der Waals surface area contributed by atoms with Crippen LogP contribution in [-0.4, -0.2) is 116 Å². The van der Waals surface area contributed by atoms with Gasteiger partial charge in [-0.3, -0.25) is 14.4 Å². The van der Waals surface area contributed by atoms with Crippen molar-refractivity contribution < 1.29 is 56.0 Å². The van der Waals surface area contributed by atoms with Gasteiger partial charge in [-0.15, -0.1) is 0 Å². The summed E-state index contributed by atoms with van der Waals surface area (Å²) in [4.78, 5) is 56.9. The van der Waals surface area contributed by atoms with Crippen LogP contribution in [0.15, 0.2) is 60.9 Å². The van der Waals surface area contributed by atoms with Crippen LogP contribution in [0.1, 0.15) is 166 Å². The maximum absolute atomic E-state index is 14.9. The van der Waals surface area contributed by atoms with Gasteiger partial charge in [0.2, 0.25) is 11.8 Å². The molecule has 1 unspecified atom stereocenters. The van der Waals surface area contributed by atoms with E-state index in [0.717, 1.165) is 44.1 Å². The van der Waals surface area contributed by atoms with Crippen LogP contribution in [-0.2, 0) is 29.0 Å². The number of likely N-dealkylation sites (tertiary alicyclic amines) is 2. The summed E-state index contributed by atoms with van der Waals surface area (Å²) in [5.41, 5.74) is 4.44. The number of ether oxygens (including phenoxy) is 4. The number of pyridine rings is 2. The van der Waals surface area contributed by atoms with Gasteiger partial charge in [0.25, 0.3) is 0 Å². The third-order valence-electron chi connectivity index (χ3n) is 17.3. The average Bonchev–Trinajstić information content (AvgIpc) is 1.51. The number of carbonyl (C=O) groups excluding carboxylic acids is 2. The number of nitrogens with one attached hydrogen (secondary N) is 3. The minimum atomic E-state index is -2.76. The lowest BCUT2D eigenvalue weighted by molar-refractivity contribution is -0.186. The van der Waals surface area contributed by atoms with Crippen molar-refractivity contribution >= 4 is 51.5 Å². The quantitative estimate of drug-likeness (QED) is 0.0499. The average molecular weight is 1140 g/mol. The lowest BCUT2D eigenvalue weighted by Crippen LogP contribution is -2.53. The molecule has 440 valence electrons. The van der Waals surface area contributed by atoms with E-state index in [1.54, 1.807) is 53.3 Å². The van der Waals surface area contributed by atoms with E-state index in [1.165, 1.54) is 17.7 Å². The van der Waals surface area contributed by atoms with Gasteiger partial charge >= 0.3 is 18.0 Å². The van der Waals surface area contributed by atoms with Crippen molar-refractivity contribution in [2.45, 2.75) is 167 Å². The van der Waals surface area contributed by atoms with Crippen LogP contribution in [0.3, 0.4) is 0 Å². The monoisotopic (exact) mass is 1140 g/mol. The molecule has 0 bridgehead atoms. The topological polar surface area (TPSA) is 185 Å². The van der Waals surface area contributed by atoms with E-state index in [9.17, 15) is 37.1 Å². The summed E-state index contributed by atoms with van der Waals surface area (Å²) in [7, 11) is 4.51. The number of H-pyrrole nitrogens is 1. The Bertz CT molecular complexity index is 3410. The Hall–Kier alpha value is -6.93. The molecule has 2 aliphatic heterocycles. The van der Waals surface area contributed by atoms with Gasteiger partial charge in [-0.2, -0.15) is 0 Å². The molecule has 0 amide bonds. The highest BCUT2D eigenvalue weighted by atomic mass is 19.3. The molecule has 4 aromatic heterocycles. The van der Waals surface area contributed by atoms with Crippen LogP contribution in [0, 0.1) is 17.8 Å². The number of anilines is 2. The molecule has 16 nitrogen and oxygen atoms in total. The molecule has 2 saturated carbocycles. The molecule has 2 spiro atoms. The molecule has 0 radical (unpaired) electrons. The van der Waals surface area contributed by atoms with Crippen molar-refractivity contribution in [3.63, 3.8) is 0 Å². The number of rotatable bonds is 17. The Morgan fingerprint density at radius 2 is 1.32 bits per heavy atom. The zero-order chi connectivity index (χ0) is 58.8. The third kappa shape index (κ3) is 11.7. The second-order valence-electron chi connectivity index (χ2n) is 25.0. The molecular weight excluding hydrogens is 1060 g/mol. The Balaban J connectivity index is 0.991. The normalized spacial score (nSPS) is 20.6. The molecule has 2 aliphatic carbocycles. The first-order valence-corrected chi connectivity index (χ1v) is 28.4. The van der Waals surface area contributed by atoms with Crippen molar-refractivity contribution in [2.75, 3.05) is 45.1 Å². The van der Waals surface area contributed by atoms with Gasteiger partial charge in [-0.1, -0.05) is 12.1 Å². The smallest absolute Gasteiger partial charge is 0.419 e. The van der Waals surface area contributed by atoms with Crippen LogP contribution in [0.25, 0.3) is 21.8 Å². The highest BCUT2D eigenvalue weighted by Gasteiger charge is 2.60. The van der Waals surface area contributed by atoms with E-state index in [4.69, 9.17) is 28.9 Å². The third-order valence-corrected chi connectivity index (χ3v) is 17.3. The van der Waals surface area contributed by atoms with Crippen LogP contribution in [0.5, 0.6) is 11.5 Å². The highest BCUT2D eigenvalue weighted by molar-refractivity contribution is 5.95.